The number of anilines is 1. The van der Waals surface area contributed by atoms with Crippen molar-refractivity contribution in [2.45, 2.75) is 26.7 Å². The molecule has 0 spiro atoms. The summed E-state index contributed by atoms with van der Waals surface area (Å²) in [5.41, 5.74) is 2.20. The molecule has 6 nitrogen and oxygen atoms in total. The Labute approximate surface area is 179 Å². The zero-order chi connectivity index (χ0) is 21.6. The maximum absolute atomic E-state index is 12.6. The van der Waals surface area contributed by atoms with Gasteiger partial charge < -0.3 is 5.32 Å². The van der Waals surface area contributed by atoms with Gasteiger partial charge >= 0.3 is 5.69 Å². The van der Waals surface area contributed by atoms with Gasteiger partial charge in [0.2, 0.25) is 0 Å². The second-order valence-corrected chi connectivity index (χ2v) is 7.96. The number of nitrogens with one attached hydrogen (secondary N) is 1. The highest BCUT2D eigenvalue weighted by Crippen LogP contribution is 2.24. The van der Waals surface area contributed by atoms with Crippen LogP contribution in [0.5, 0.6) is 0 Å². The van der Waals surface area contributed by atoms with Crippen molar-refractivity contribution in [1.82, 2.24) is 9.13 Å². The Morgan fingerprint density at radius 2 is 2.07 bits per heavy atom. The van der Waals surface area contributed by atoms with Crippen LogP contribution in [-0.4, -0.2) is 20.7 Å². The molecule has 0 radical (unpaired) electrons. The largest absolute Gasteiger partial charge is 0.347 e. The van der Waals surface area contributed by atoms with E-state index in [1.807, 2.05) is 13.0 Å². The summed E-state index contributed by atoms with van der Waals surface area (Å²) in [5, 5.41) is 13.2. The quantitative estimate of drug-likeness (QED) is 0.499. The predicted molar refractivity (Wildman–Crippen MR) is 121 cm³/mol. The normalized spacial score (nSPS) is 11.2. The number of hydrogen-bond donors (Lipinski definition) is 1. The molecule has 0 saturated carbocycles. The van der Waals surface area contributed by atoms with Gasteiger partial charge in [0, 0.05) is 25.4 Å². The average Bonchev–Trinajstić information content (AvgIpc) is 2.74. The Morgan fingerprint density at radius 1 is 1.34 bits per heavy atom. The first-order valence-electron chi connectivity index (χ1n) is 9.20. The molecule has 0 amide bonds. The molecule has 8 heteroatoms. The van der Waals surface area contributed by atoms with Gasteiger partial charge in [-0.15, -0.1) is 11.8 Å². The third kappa shape index (κ3) is 5.46. The summed E-state index contributed by atoms with van der Waals surface area (Å²) in [6.07, 6.45) is 3.84. The highest BCUT2D eigenvalue weighted by atomic mass is 32.2. The number of nitrogens with zero attached hydrogens (tertiary/aromatic N) is 3. The van der Waals surface area contributed by atoms with E-state index in [-0.39, 0.29) is 17.2 Å². The Hall–Kier alpha value is -2.63. The number of Topliss-reactive ketones (excluding diaryl/α,β-unsaturated/α-hetero) is 1. The van der Waals surface area contributed by atoms with E-state index in [0.717, 1.165) is 23.6 Å². The maximum atomic E-state index is 12.6. The second-order valence-electron chi connectivity index (χ2n) is 6.55. The minimum atomic E-state index is -0.183. The standard InChI is InChI=1S/C21H24N4O2S2/c1-5-6-10-18(23-19-14(2)24(3)21(27)25(4)20(19)28)29-13-17(26)16-9-7-8-15(11-16)12-22/h7-11,23H,5-6,13H2,1-4H3/b18-10-. The molecule has 1 aromatic carbocycles. The first kappa shape index (κ1) is 22.7. The fourth-order valence-corrected chi connectivity index (χ4v) is 3.76. The van der Waals surface area contributed by atoms with Gasteiger partial charge in [0.25, 0.3) is 0 Å². The van der Waals surface area contributed by atoms with Crippen molar-refractivity contribution in [3.05, 3.63) is 67.3 Å². The molecule has 1 N–H and O–H groups in total. The molecule has 1 aromatic heterocycles. The van der Waals surface area contributed by atoms with Crippen LogP contribution in [0, 0.1) is 22.9 Å². The van der Waals surface area contributed by atoms with Crippen LogP contribution in [0.3, 0.4) is 0 Å². The van der Waals surface area contributed by atoms with Crippen LogP contribution in [-0.2, 0) is 14.1 Å². The molecule has 0 atom stereocenters. The van der Waals surface area contributed by atoms with E-state index in [9.17, 15) is 9.59 Å². The lowest BCUT2D eigenvalue weighted by Gasteiger charge is -2.17. The molecule has 0 fully saturated rings. The molecule has 0 aliphatic carbocycles. The van der Waals surface area contributed by atoms with Crippen LogP contribution >= 0.6 is 24.0 Å². The SMILES string of the molecule is CCC/C=C(/Nc1c(C)n(C)c(=O)n(C)c1=S)SCC(=O)c1cccc(C#N)c1. The van der Waals surface area contributed by atoms with Crippen LogP contribution in [0.4, 0.5) is 5.69 Å². The number of rotatable bonds is 8. The van der Waals surface area contributed by atoms with Crippen LogP contribution < -0.4 is 11.0 Å². The molecule has 2 rings (SSSR count). The van der Waals surface area contributed by atoms with E-state index < -0.39 is 0 Å². The minimum Gasteiger partial charge on any atom is -0.347 e. The van der Waals surface area contributed by atoms with E-state index in [1.54, 1.807) is 42.9 Å². The first-order valence-corrected chi connectivity index (χ1v) is 10.6. The molecule has 0 aliphatic rings. The topological polar surface area (TPSA) is 79.8 Å². The van der Waals surface area contributed by atoms with Crippen molar-refractivity contribution in [2.24, 2.45) is 14.1 Å². The van der Waals surface area contributed by atoms with Crippen LogP contribution in [0.1, 0.15) is 41.4 Å². The van der Waals surface area contributed by atoms with Crippen LogP contribution in [0.25, 0.3) is 0 Å². The molecule has 2 aromatic rings. The van der Waals surface area contributed by atoms with Gasteiger partial charge in [0.05, 0.1) is 28.1 Å². The predicted octanol–water partition coefficient (Wildman–Crippen LogP) is 4.30. The smallest absolute Gasteiger partial charge is 0.328 e. The molecule has 152 valence electrons. The lowest BCUT2D eigenvalue weighted by Crippen LogP contribution is -2.30. The second kappa shape index (κ2) is 10.2. The number of thioether (sulfide) groups is 1. The van der Waals surface area contributed by atoms with Gasteiger partial charge in [0.1, 0.15) is 4.64 Å². The summed E-state index contributed by atoms with van der Waals surface area (Å²) in [7, 11) is 3.34. The maximum Gasteiger partial charge on any atom is 0.328 e. The van der Waals surface area contributed by atoms with Crippen molar-refractivity contribution in [1.29, 1.82) is 5.26 Å². The van der Waals surface area contributed by atoms with Gasteiger partial charge in [-0.05, 0) is 25.5 Å². The number of ketones is 1. The lowest BCUT2D eigenvalue weighted by molar-refractivity contribution is 0.102. The average molecular weight is 429 g/mol. The third-order valence-corrected chi connectivity index (χ3v) is 5.96. The van der Waals surface area contributed by atoms with Gasteiger partial charge in [-0.2, -0.15) is 5.26 Å². The number of aromatic nitrogens is 2. The fraction of sp³-hybridized carbons (Fsp3) is 0.333. The number of allylic oxidation sites excluding steroid dienone is 1. The van der Waals surface area contributed by atoms with E-state index in [4.69, 9.17) is 17.5 Å². The Kier molecular flexibility index (Phi) is 8.00. The summed E-state index contributed by atoms with van der Waals surface area (Å²) < 4.78 is 3.38. The molecular formula is C21H24N4O2S2. The van der Waals surface area contributed by atoms with Crippen LogP contribution in [0.15, 0.2) is 40.2 Å². The molecule has 1 heterocycles. The first-order chi connectivity index (χ1) is 13.8. The van der Waals surface area contributed by atoms with E-state index in [1.165, 1.54) is 16.3 Å². The van der Waals surface area contributed by atoms with Gasteiger partial charge in [-0.1, -0.05) is 43.8 Å². The van der Waals surface area contributed by atoms with Crippen molar-refractivity contribution in [3.63, 3.8) is 0 Å². The van der Waals surface area contributed by atoms with E-state index in [2.05, 4.69) is 18.3 Å². The van der Waals surface area contributed by atoms with Crippen LogP contribution in [0.2, 0.25) is 0 Å². The van der Waals surface area contributed by atoms with Gasteiger partial charge in [-0.25, -0.2) is 4.79 Å². The summed E-state index contributed by atoms with van der Waals surface area (Å²) in [6, 6.07) is 8.75. The summed E-state index contributed by atoms with van der Waals surface area (Å²) in [5.74, 6) is 0.166. The number of benzene rings is 1. The number of nitriles is 1. The third-order valence-electron chi connectivity index (χ3n) is 4.50. The summed E-state index contributed by atoms with van der Waals surface area (Å²) in [6.45, 7) is 3.91. The molecule has 29 heavy (non-hydrogen) atoms. The van der Waals surface area contributed by atoms with E-state index >= 15 is 0 Å². The number of unbranched alkanes of at least 4 members (excludes halogenated alkanes) is 1. The minimum absolute atomic E-state index is 0.0577. The monoisotopic (exact) mass is 428 g/mol. The van der Waals surface area contributed by atoms with Crippen molar-refractivity contribution < 1.29 is 4.79 Å². The molecule has 0 unspecified atom stereocenters. The molecular weight excluding hydrogens is 404 g/mol. The van der Waals surface area contributed by atoms with Gasteiger partial charge in [-0.3, -0.25) is 13.9 Å². The molecule has 0 bridgehead atoms. The lowest BCUT2D eigenvalue weighted by atomic mass is 10.1. The Morgan fingerprint density at radius 3 is 2.72 bits per heavy atom. The van der Waals surface area contributed by atoms with Crippen molar-refractivity contribution >= 4 is 35.5 Å². The fourth-order valence-electron chi connectivity index (χ4n) is 2.62. The zero-order valence-electron chi connectivity index (χ0n) is 17.0. The number of hydrogen-bond acceptors (Lipinski definition) is 6. The van der Waals surface area contributed by atoms with Gasteiger partial charge in [0.15, 0.2) is 5.78 Å². The zero-order valence-corrected chi connectivity index (χ0v) is 18.6. The Bertz CT molecular complexity index is 1110. The molecule has 0 saturated heterocycles. The van der Waals surface area contributed by atoms with E-state index in [0.29, 0.717) is 21.5 Å². The van der Waals surface area contributed by atoms with Crippen molar-refractivity contribution in [2.75, 3.05) is 11.1 Å². The molecule has 0 aliphatic heterocycles. The summed E-state index contributed by atoms with van der Waals surface area (Å²) >= 11 is 6.83. The number of carbonyl (C=O) groups excluding carboxylic acids is 1. The number of carbonyl (C=O) groups is 1. The Balaban J connectivity index is 2.26. The highest BCUT2D eigenvalue weighted by Gasteiger charge is 2.13. The van der Waals surface area contributed by atoms with Crippen molar-refractivity contribution in [3.8, 4) is 6.07 Å². The summed E-state index contributed by atoms with van der Waals surface area (Å²) in [4.78, 5) is 24.8. The highest BCUT2D eigenvalue weighted by molar-refractivity contribution is 8.03.